The molecule has 0 aromatic carbocycles. The summed E-state index contributed by atoms with van der Waals surface area (Å²) in [7, 11) is 0. The first kappa shape index (κ1) is 16.4. The predicted molar refractivity (Wildman–Crippen MR) is 86.0 cm³/mol. The summed E-state index contributed by atoms with van der Waals surface area (Å²) in [6, 6.07) is 0. The summed E-state index contributed by atoms with van der Waals surface area (Å²) in [4.78, 5) is 31.9. The number of aromatic amines is 1. The van der Waals surface area contributed by atoms with Crippen molar-refractivity contribution in [1.29, 1.82) is 0 Å². The normalized spacial score (nSPS) is 16.9. The summed E-state index contributed by atoms with van der Waals surface area (Å²) in [5.74, 6) is 0.00779. The highest BCUT2D eigenvalue weighted by Gasteiger charge is 2.33. The quantitative estimate of drug-likeness (QED) is 0.619. The molecule has 1 unspecified atom stereocenters. The van der Waals surface area contributed by atoms with Gasteiger partial charge in [-0.1, -0.05) is 0 Å². The third kappa shape index (κ3) is 3.12. The lowest BCUT2D eigenvalue weighted by Crippen LogP contribution is -2.18. The third-order valence-corrected chi connectivity index (χ3v) is 4.33. The fourth-order valence-corrected chi connectivity index (χ4v) is 3.13. The number of fused-ring (bicyclic) bond motifs is 1. The maximum absolute atomic E-state index is 12.5. The minimum atomic E-state index is -0.431. The van der Waals surface area contributed by atoms with Gasteiger partial charge < -0.3 is 19.9 Å². The van der Waals surface area contributed by atoms with E-state index in [9.17, 15) is 9.59 Å². The van der Waals surface area contributed by atoms with E-state index >= 15 is 0 Å². The lowest BCUT2D eigenvalue weighted by Gasteiger charge is -2.18. The van der Waals surface area contributed by atoms with Crippen LogP contribution in [0.4, 0.5) is 0 Å². The van der Waals surface area contributed by atoms with E-state index in [0.29, 0.717) is 48.7 Å². The Morgan fingerprint density at radius 3 is 3.00 bits per heavy atom. The minimum Gasteiger partial charge on any atom is -0.461 e. The standard InChI is InChI=1S/C17H21N3O4/c1-10-14-12(20-15(10)17(22)24-6-3-2-4-18)8-11(9-13(14)21)16-19-5-7-23-16/h5,7,11,20H,2-4,6,8-9,18H2,1H3. The second-order valence-electron chi connectivity index (χ2n) is 6.01. The average Bonchev–Trinajstić information content (AvgIpc) is 3.20. The molecule has 1 aliphatic carbocycles. The number of rotatable bonds is 6. The number of ether oxygens (including phenoxy) is 1. The van der Waals surface area contributed by atoms with Gasteiger partial charge in [0, 0.05) is 30.0 Å². The summed E-state index contributed by atoms with van der Waals surface area (Å²) >= 11 is 0. The number of aromatic nitrogens is 2. The van der Waals surface area contributed by atoms with E-state index in [1.165, 1.54) is 6.26 Å². The third-order valence-electron chi connectivity index (χ3n) is 4.33. The molecular formula is C17H21N3O4. The number of nitrogens with two attached hydrogens (primary N) is 1. The molecule has 2 aromatic heterocycles. The summed E-state index contributed by atoms with van der Waals surface area (Å²) in [6.07, 6.45) is 5.52. The van der Waals surface area contributed by atoms with Crippen molar-refractivity contribution in [3.63, 3.8) is 0 Å². The van der Waals surface area contributed by atoms with Crippen LogP contribution in [-0.4, -0.2) is 34.9 Å². The van der Waals surface area contributed by atoms with E-state index in [4.69, 9.17) is 14.9 Å². The molecule has 0 spiro atoms. The van der Waals surface area contributed by atoms with Crippen LogP contribution in [-0.2, 0) is 11.2 Å². The number of unbranched alkanes of at least 4 members (excludes halogenated alkanes) is 1. The van der Waals surface area contributed by atoms with E-state index in [-0.39, 0.29) is 11.7 Å². The van der Waals surface area contributed by atoms with E-state index < -0.39 is 5.97 Å². The number of Topliss-reactive ketones (excluding diaryl/α,β-unsaturated/α-hetero) is 1. The zero-order chi connectivity index (χ0) is 17.1. The Hall–Kier alpha value is -2.41. The van der Waals surface area contributed by atoms with Crippen LogP contribution in [0.5, 0.6) is 0 Å². The molecule has 2 aromatic rings. The fraction of sp³-hybridized carbons (Fsp3) is 0.471. The Bertz CT molecular complexity index is 733. The summed E-state index contributed by atoms with van der Waals surface area (Å²) in [6.45, 7) is 2.67. The lowest BCUT2D eigenvalue weighted by atomic mass is 9.85. The van der Waals surface area contributed by atoms with Gasteiger partial charge >= 0.3 is 5.97 Å². The van der Waals surface area contributed by atoms with Gasteiger partial charge in [-0.15, -0.1) is 0 Å². The van der Waals surface area contributed by atoms with Crippen LogP contribution in [0.3, 0.4) is 0 Å². The molecule has 1 atom stereocenters. The van der Waals surface area contributed by atoms with Crippen LogP contribution in [0.25, 0.3) is 0 Å². The Morgan fingerprint density at radius 2 is 2.29 bits per heavy atom. The van der Waals surface area contributed by atoms with Crippen molar-refractivity contribution < 1.29 is 18.7 Å². The Balaban J connectivity index is 1.77. The Labute approximate surface area is 139 Å². The number of esters is 1. The number of nitrogens with one attached hydrogen (secondary N) is 1. The van der Waals surface area contributed by atoms with Gasteiger partial charge in [0.15, 0.2) is 11.7 Å². The number of hydrogen-bond acceptors (Lipinski definition) is 6. The summed E-state index contributed by atoms with van der Waals surface area (Å²) < 4.78 is 10.6. The molecule has 24 heavy (non-hydrogen) atoms. The fourth-order valence-electron chi connectivity index (χ4n) is 3.13. The van der Waals surface area contributed by atoms with Crippen LogP contribution in [0.2, 0.25) is 0 Å². The van der Waals surface area contributed by atoms with Crippen molar-refractivity contribution in [3.05, 3.63) is 40.9 Å². The zero-order valence-corrected chi connectivity index (χ0v) is 13.6. The van der Waals surface area contributed by atoms with Gasteiger partial charge in [-0.2, -0.15) is 0 Å². The van der Waals surface area contributed by atoms with Gasteiger partial charge in [0.2, 0.25) is 0 Å². The molecule has 0 fully saturated rings. The monoisotopic (exact) mass is 331 g/mol. The van der Waals surface area contributed by atoms with E-state index in [1.54, 1.807) is 13.1 Å². The predicted octanol–water partition coefficient (Wildman–Crippen LogP) is 2.12. The number of carbonyl (C=O) groups excluding carboxylic acids is 2. The van der Waals surface area contributed by atoms with Crippen LogP contribution < -0.4 is 5.73 Å². The molecule has 3 rings (SSSR count). The topological polar surface area (TPSA) is 111 Å². The van der Waals surface area contributed by atoms with Gasteiger partial charge in [0.05, 0.1) is 12.8 Å². The van der Waals surface area contributed by atoms with Gasteiger partial charge in [0.1, 0.15) is 12.0 Å². The van der Waals surface area contributed by atoms with Gasteiger partial charge in [0.25, 0.3) is 0 Å². The van der Waals surface area contributed by atoms with Crippen molar-refractivity contribution in [3.8, 4) is 0 Å². The molecule has 128 valence electrons. The van der Waals surface area contributed by atoms with E-state index in [1.807, 2.05) is 0 Å². The molecule has 0 saturated heterocycles. The number of nitrogens with zero attached hydrogens (tertiary/aromatic N) is 1. The van der Waals surface area contributed by atoms with Crippen LogP contribution >= 0.6 is 0 Å². The van der Waals surface area contributed by atoms with Gasteiger partial charge in [-0.25, -0.2) is 9.78 Å². The molecule has 0 saturated carbocycles. The molecule has 2 heterocycles. The molecule has 7 nitrogen and oxygen atoms in total. The smallest absolute Gasteiger partial charge is 0.355 e. The number of carbonyl (C=O) groups is 2. The van der Waals surface area contributed by atoms with Crippen LogP contribution in [0, 0.1) is 6.92 Å². The molecule has 0 amide bonds. The summed E-state index contributed by atoms with van der Waals surface area (Å²) in [5, 5.41) is 0. The van der Waals surface area contributed by atoms with Gasteiger partial charge in [-0.3, -0.25) is 4.79 Å². The van der Waals surface area contributed by atoms with E-state index in [0.717, 1.165) is 18.5 Å². The molecule has 1 aliphatic rings. The number of ketones is 1. The zero-order valence-electron chi connectivity index (χ0n) is 13.6. The SMILES string of the molecule is Cc1c(C(=O)OCCCCN)[nH]c2c1C(=O)CC(c1ncco1)C2. The van der Waals surface area contributed by atoms with E-state index in [2.05, 4.69) is 9.97 Å². The average molecular weight is 331 g/mol. The second kappa shape index (κ2) is 7.00. The first-order valence-corrected chi connectivity index (χ1v) is 8.13. The van der Waals surface area contributed by atoms with Crippen molar-refractivity contribution in [2.75, 3.05) is 13.2 Å². The minimum absolute atomic E-state index is 0.00428. The molecule has 3 N–H and O–H groups in total. The summed E-state index contributed by atoms with van der Waals surface area (Å²) in [5.41, 5.74) is 7.79. The van der Waals surface area contributed by atoms with Crippen molar-refractivity contribution in [2.24, 2.45) is 5.73 Å². The Morgan fingerprint density at radius 1 is 1.46 bits per heavy atom. The van der Waals surface area contributed by atoms with Gasteiger partial charge in [-0.05, 0) is 31.9 Å². The number of hydrogen-bond donors (Lipinski definition) is 2. The first-order valence-electron chi connectivity index (χ1n) is 8.13. The first-order chi connectivity index (χ1) is 11.6. The number of H-pyrrole nitrogens is 1. The molecule has 0 radical (unpaired) electrons. The molecule has 7 heteroatoms. The molecule has 0 aliphatic heterocycles. The highest BCUT2D eigenvalue weighted by molar-refractivity contribution is 6.03. The van der Waals surface area contributed by atoms with Crippen LogP contribution in [0.1, 0.15) is 63.2 Å². The maximum atomic E-state index is 12.5. The molecule has 0 bridgehead atoms. The Kier molecular flexibility index (Phi) is 4.80. The number of oxazole rings is 1. The van der Waals surface area contributed by atoms with Crippen molar-refractivity contribution in [2.45, 2.75) is 38.5 Å². The van der Waals surface area contributed by atoms with Crippen molar-refractivity contribution in [1.82, 2.24) is 9.97 Å². The van der Waals surface area contributed by atoms with Crippen LogP contribution in [0.15, 0.2) is 16.9 Å². The highest BCUT2D eigenvalue weighted by Crippen LogP contribution is 2.34. The maximum Gasteiger partial charge on any atom is 0.355 e. The largest absolute Gasteiger partial charge is 0.461 e. The molecular weight excluding hydrogens is 310 g/mol. The van der Waals surface area contributed by atoms with Crippen molar-refractivity contribution >= 4 is 11.8 Å². The highest BCUT2D eigenvalue weighted by atomic mass is 16.5. The lowest BCUT2D eigenvalue weighted by molar-refractivity contribution is 0.0491. The second-order valence-corrected chi connectivity index (χ2v) is 6.01.